The van der Waals surface area contributed by atoms with Crippen LogP contribution in [0.5, 0.6) is 0 Å². The van der Waals surface area contributed by atoms with Gasteiger partial charge in [0.2, 0.25) is 11.8 Å². The summed E-state index contributed by atoms with van der Waals surface area (Å²) in [5.74, 6) is -0.592. The molecule has 1 saturated carbocycles. The third kappa shape index (κ3) is 2.66. The van der Waals surface area contributed by atoms with Gasteiger partial charge in [0.25, 0.3) is 0 Å². The van der Waals surface area contributed by atoms with Crippen LogP contribution in [0, 0.1) is 17.8 Å². The highest BCUT2D eigenvalue weighted by Crippen LogP contribution is 2.34. The Morgan fingerprint density at radius 2 is 2.12 bits per heavy atom. The fourth-order valence-corrected chi connectivity index (χ4v) is 2.44. The Morgan fingerprint density at radius 1 is 1.41 bits per heavy atom. The van der Waals surface area contributed by atoms with Gasteiger partial charge in [-0.2, -0.15) is 0 Å². The van der Waals surface area contributed by atoms with Crippen LogP contribution < -0.4 is 16.4 Å². The first-order chi connectivity index (χ1) is 8.13. The summed E-state index contributed by atoms with van der Waals surface area (Å²) in [6, 6.07) is 0.259. The Balaban J connectivity index is 1.84. The fraction of sp³-hybridized carbons (Fsp3) is 0.667. The van der Waals surface area contributed by atoms with E-state index in [0.717, 1.165) is 12.8 Å². The van der Waals surface area contributed by atoms with E-state index in [1.807, 2.05) is 6.08 Å². The Bertz CT molecular complexity index is 343. The van der Waals surface area contributed by atoms with Gasteiger partial charge in [0.1, 0.15) is 0 Å². The fourth-order valence-electron chi connectivity index (χ4n) is 2.44. The maximum Gasteiger partial charge on any atom is 0.225 e. The van der Waals surface area contributed by atoms with Crippen molar-refractivity contribution in [1.29, 1.82) is 0 Å². The van der Waals surface area contributed by atoms with E-state index in [2.05, 4.69) is 17.2 Å². The smallest absolute Gasteiger partial charge is 0.225 e. The predicted molar refractivity (Wildman–Crippen MR) is 63.9 cm³/mol. The largest absolute Gasteiger partial charge is 0.369 e. The summed E-state index contributed by atoms with van der Waals surface area (Å²) in [7, 11) is 0. The van der Waals surface area contributed by atoms with Crippen LogP contribution in [0.15, 0.2) is 12.7 Å². The molecule has 5 nitrogen and oxygen atoms in total. The second-order valence-corrected chi connectivity index (χ2v) is 4.91. The average molecular weight is 237 g/mol. The Kier molecular flexibility index (Phi) is 3.47. The van der Waals surface area contributed by atoms with Crippen molar-refractivity contribution in [1.82, 2.24) is 10.6 Å². The van der Waals surface area contributed by atoms with Gasteiger partial charge < -0.3 is 16.4 Å². The number of allylic oxidation sites excluding steroid dienone is 1. The summed E-state index contributed by atoms with van der Waals surface area (Å²) in [6.07, 6.45) is 3.83. The lowest BCUT2D eigenvalue weighted by Gasteiger charge is -2.15. The second kappa shape index (κ2) is 4.87. The van der Waals surface area contributed by atoms with Crippen LogP contribution in [0.2, 0.25) is 0 Å². The van der Waals surface area contributed by atoms with Crippen molar-refractivity contribution in [2.75, 3.05) is 13.1 Å². The van der Waals surface area contributed by atoms with Crippen LogP contribution in [-0.2, 0) is 9.59 Å². The van der Waals surface area contributed by atoms with Crippen molar-refractivity contribution >= 4 is 11.8 Å². The molecule has 2 rings (SSSR count). The molecule has 0 aromatic rings. The molecule has 5 heteroatoms. The van der Waals surface area contributed by atoms with Crippen molar-refractivity contribution < 1.29 is 9.59 Å². The summed E-state index contributed by atoms with van der Waals surface area (Å²) >= 11 is 0. The lowest BCUT2D eigenvalue weighted by Crippen LogP contribution is -2.40. The second-order valence-electron chi connectivity index (χ2n) is 4.91. The highest BCUT2D eigenvalue weighted by molar-refractivity contribution is 5.88. The zero-order valence-electron chi connectivity index (χ0n) is 9.82. The summed E-state index contributed by atoms with van der Waals surface area (Å²) in [5.41, 5.74) is 5.28. The first-order valence-electron chi connectivity index (χ1n) is 6.04. The number of rotatable bonds is 5. The molecular weight excluding hydrogens is 218 g/mol. The normalized spacial score (nSPS) is 35.3. The van der Waals surface area contributed by atoms with E-state index in [0.29, 0.717) is 19.0 Å². The van der Waals surface area contributed by atoms with Gasteiger partial charge in [0.15, 0.2) is 0 Å². The number of hydrogen-bond acceptors (Lipinski definition) is 3. The first kappa shape index (κ1) is 12.1. The SMILES string of the molecule is C=CC[C@H]1C[C@@H]1NC(=O)[C@@H]1CNC[C@H]1C(N)=O. The third-order valence-corrected chi connectivity index (χ3v) is 3.64. The van der Waals surface area contributed by atoms with Crippen molar-refractivity contribution in [2.45, 2.75) is 18.9 Å². The zero-order valence-corrected chi connectivity index (χ0v) is 9.82. The minimum atomic E-state index is -0.395. The Labute approximate surface area is 101 Å². The standard InChI is InChI=1S/C12H19N3O2/c1-2-3-7-4-10(7)15-12(17)9-6-14-5-8(9)11(13)16/h2,7-10,14H,1,3-6H2,(H2,13,16)(H,15,17)/t7-,8+,9+,10-/m0/s1. The average Bonchev–Trinajstić information content (AvgIpc) is 2.83. The molecular formula is C12H19N3O2. The van der Waals surface area contributed by atoms with E-state index in [1.54, 1.807) is 0 Å². The molecule has 17 heavy (non-hydrogen) atoms. The molecule has 2 fully saturated rings. The molecule has 1 heterocycles. The maximum absolute atomic E-state index is 12.0. The molecule has 4 N–H and O–H groups in total. The number of carbonyl (C=O) groups excluding carboxylic acids is 2. The molecule has 0 aromatic heterocycles. The van der Waals surface area contributed by atoms with Crippen molar-refractivity contribution in [3.8, 4) is 0 Å². The highest BCUT2D eigenvalue weighted by Gasteiger charge is 2.42. The van der Waals surface area contributed by atoms with E-state index in [9.17, 15) is 9.59 Å². The van der Waals surface area contributed by atoms with E-state index in [4.69, 9.17) is 5.73 Å². The molecule has 0 aromatic carbocycles. The number of carbonyl (C=O) groups is 2. The number of nitrogens with two attached hydrogens (primary N) is 1. The van der Waals surface area contributed by atoms with Gasteiger partial charge in [-0.25, -0.2) is 0 Å². The molecule has 0 radical (unpaired) electrons. The number of primary amides is 1. The summed E-state index contributed by atoms with van der Waals surface area (Å²) < 4.78 is 0. The van der Waals surface area contributed by atoms with Gasteiger partial charge in [-0.1, -0.05) is 6.08 Å². The first-order valence-corrected chi connectivity index (χ1v) is 6.04. The van der Waals surface area contributed by atoms with Crippen LogP contribution in [0.3, 0.4) is 0 Å². The summed E-state index contributed by atoms with van der Waals surface area (Å²) in [4.78, 5) is 23.1. The maximum atomic E-state index is 12.0. The summed E-state index contributed by atoms with van der Waals surface area (Å²) in [6.45, 7) is 4.73. The molecule has 0 bridgehead atoms. The predicted octanol–water partition coefficient (Wildman–Crippen LogP) is -0.612. The van der Waals surface area contributed by atoms with Gasteiger partial charge in [0.05, 0.1) is 11.8 Å². The van der Waals surface area contributed by atoms with Gasteiger partial charge in [-0.3, -0.25) is 9.59 Å². The zero-order chi connectivity index (χ0) is 12.4. The van der Waals surface area contributed by atoms with Crippen LogP contribution >= 0.6 is 0 Å². The quantitative estimate of drug-likeness (QED) is 0.558. The number of nitrogens with one attached hydrogen (secondary N) is 2. The van der Waals surface area contributed by atoms with Crippen LogP contribution in [0.1, 0.15) is 12.8 Å². The Morgan fingerprint density at radius 3 is 2.76 bits per heavy atom. The van der Waals surface area contributed by atoms with E-state index in [-0.39, 0.29) is 23.8 Å². The molecule has 0 spiro atoms. The van der Waals surface area contributed by atoms with Crippen LogP contribution in [-0.4, -0.2) is 30.9 Å². The Hall–Kier alpha value is -1.36. The third-order valence-electron chi connectivity index (χ3n) is 3.64. The summed E-state index contributed by atoms with van der Waals surface area (Å²) in [5, 5.41) is 6.02. The van der Waals surface area contributed by atoms with Gasteiger partial charge >= 0.3 is 0 Å². The van der Waals surface area contributed by atoms with Gasteiger partial charge in [-0.15, -0.1) is 6.58 Å². The van der Waals surface area contributed by atoms with E-state index >= 15 is 0 Å². The molecule has 1 aliphatic heterocycles. The van der Waals surface area contributed by atoms with Crippen molar-refractivity contribution in [3.63, 3.8) is 0 Å². The monoisotopic (exact) mass is 237 g/mol. The lowest BCUT2D eigenvalue weighted by molar-refractivity contribution is -0.131. The van der Waals surface area contributed by atoms with Crippen molar-refractivity contribution in [2.24, 2.45) is 23.5 Å². The topological polar surface area (TPSA) is 84.2 Å². The number of hydrogen-bond donors (Lipinski definition) is 3. The lowest BCUT2D eigenvalue weighted by atomic mass is 9.94. The molecule has 1 saturated heterocycles. The van der Waals surface area contributed by atoms with E-state index < -0.39 is 5.91 Å². The molecule has 2 amide bonds. The van der Waals surface area contributed by atoms with Crippen LogP contribution in [0.4, 0.5) is 0 Å². The minimum Gasteiger partial charge on any atom is -0.369 e. The molecule has 1 aliphatic carbocycles. The van der Waals surface area contributed by atoms with E-state index in [1.165, 1.54) is 0 Å². The van der Waals surface area contributed by atoms with Gasteiger partial charge in [-0.05, 0) is 18.8 Å². The highest BCUT2D eigenvalue weighted by atomic mass is 16.2. The molecule has 0 unspecified atom stereocenters. The number of amides is 2. The van der Waals surface area contributed by atoms with Crippen LogP contribution in [0.25, 0.3) is 0 Å². The molecule has 2 aliphatic rings. The molecule has 94 valence electrons. The minimum absolute atomic E-state index is 0.0460. The molecule has 4 atom stereocenters. The van der Waals surface area contributed by atoms with Crippen molar-refractivity contribution in [3.05, 3.63) is 12.7 Å². The van der Waals surface area contributed by atoms with Gasteiger partial charge in [0, 0.05) is 19.1 Å².